The van der Waals surface area contributed by atoms with Gasteiger partial charge in [0.1, 0.15) is 0 Å². The average molecular weight is 169 g/mol. The molecule has 0 bridgehead atoms. The van der Waals surface area contributed by atoms with E-state index in [1.54, 1.807) is 21.0 Å². The van der Waals surface area contributed by atoms with Gasteiger partial charge in [0.05, 0.1) is 5.92 Å². The van der Waals surface area contributed by atoms with Crippen molar-refractivity contribution in [2.45, 2.75) is 13.8 Å². The van der Waals surface area contributed by atoms with Crippen LogP contribution < -0.4 is 0 Å². The highest BCUT2D eigenvalue weighted by Crippen LogP contribution is 2.11. The van der Waals surface area contributed by atoms with Gasteiger partial charge in [0.15, 0.2) is 5.78 Å². The highest BCUT2D eigenvalue weighted by Gasteiger charge is 2.20. The minimum Gasteiger partial charge on any atom is -0.348 e. The lowest BCUT2D eigenvalue weighted by Crippen LogP contribution is -2.30. The number of hydrogen-bond acceptors (Lipinski definition) is 2. The van der Waals surface area contributed by atoms with Gasteiger partial charge in [-0.1, -0.05) is 6.58 Å². The van der Waals surface area contributed by atoms with Gasteiger partial charge in [-0.15, -0.1) is 0 Å². The van der Waals surface area contributed by atoms with Crippen LogP contribution in [0.15, 0.2) is 12.2 Å². The van der Waals surface area contributed by atoms with Gasteiger partial charge in [-0.25, -0.2) is 0 Å². The van der Waals surface area contributed by atoms with Crippen molar-refractivity contribution >= 4 is 11.7 Å². The number of carbonyl (C=O) groups excluding carboxylic acids is 2. The lowest BCUT2D eigenvalue weighted by Gasteiger charge is -2.16. The van der Waals surface area contributed by atoms with E-state index in [1.807, 2.05) is 0 Å². The largest absolute Gasteiger partial charge is 0.348 e. The monoisotopic (exact) mass is 169 g/mol. The molecule has 0 aliphatic rings. The van der Waals surface area contributed by atoms with Crippen molar-refractivity contribution in [3.63, 3.8) is 0 Å². The second-order valence-electron chi connectivity index (χ2n) is 3.04. The molecular weight excluding hydrogens is 154 g/mol. The van der Waals surface area contributed by atoms with Crippen LogP contribution in [0.25, 0.3) is 0 Å². The molecule has 0 heterocycles. The molecule has 0 aliphatic heterocycles. The summed E-state index contributed by atoms with van der Waals surface area (Å²) in [5.41, 5.74) is 0.369. The van der Waals surface area contributed by atoms with Gasteiger partial charge in [0.25, 0.3) is 0 Å². The first-order valence-corrected chi connectivity index (χ1v) is 3.78. The zero-order valence-electron chi connectivity index (χ0n) is 8.05. The summed E-state index contributed by atoms with van der Waals surface area (Å²) in [6, 6.07) is 0. The summed E-state index contributed by atoms with van der Waals surface area (Å²) in [5, 5.41) is 0. The van der Waals surface area contributed by atoms with Crippen molar-refractivity contribution in [1.82, 2.24) is 4.90 Å². The Morgan fingerprint density at radius 2 is 1.75 bits per heavy atom. The van der Waals surface area contributed by atoms with Crippen LogP contribution in [0.4, 0.5) is 0 Å². The average Bonchev–Trinajstić information content (AvgIpc) is 2.00. The zero-order valence-corrected chi connectivity index (χ0v) is 8.05. The molecule has 0 aromatic heterocycles. The number of amides is 1. The van der Waals surface area contributed by atoms with Crippen LogP contribution in [0.3, 0.4) is 0 Å². The first kappa shape index (κ1) is 10.9. The number of carbonyl (C=O) groups is 2. The van der Waals surface area contributed by atoms with E-state index in [0.717, 1.165) is 0 Å². The van der Waals surface area contributed by atoms with Crippen LogP contribution in [0.2, 0.25) is 0 Å². The first-order chi connectivity index (χ1) is 5.37. The van der Waals surface area contributed by atoms with E-state index < -0.39 is 5.92 Å². The van der Waals surface area contributed by atoms with Gasteiger partial charge in [0.2, 0.25) is 5.91 Å². The standard InChI is InChI=1S/C9H15NO2/c1-6(8(3)11)7(2)9(12)10(4)5/h7H,1H2,2-5H3. The fourth-order valence-corrected chi connectivity index (χ4v) is 0.841. The van der Waals surface area contributed by atoms with E-state index in [2.05, 4.69) is 6.58 Å². The number of nitrogens with zero attached hydrogens (tertiary/aromatic N) is 1. The number of ketones is 1. The summed E-state index contributed by atoms with van der Waals surface area (Å²) in [4.78, 5) is 23.6. The Kier molecular flexibility index (Phi) is 3.67. The minimum absolute atomic E-state index is 0.0878. The number of Topliss-reactive ketones (excluding diaryl/α,β-unsaturated/α-hetero) is 1. The molecular formula is C9H15NO2. The molecule has 0 fully saturated rings. The van der Waals surface area contributed by atoms with Crippen LogP contribution >= 0.6 is 0 Å². The Hall–Kier alpha value is -1.12. The molecule has 12 heavy (non-hydrogen) atoms. The summed E-state index contributed by atoms with van der Waals surface area (Å²) in [5.74, 6) is -0.620. The Labute approximate surface area is 73.1 Å². The Morgan fingerprint density at radius 1 is 1.33 bits per heavy atom. The van der Waals surface area contributed by atoms with Gasteiger partial charge in [-0.2, -0.15) is 0 Å². The topological polar surface area (TPSA) is 37.4 Å². The molecule has 3 heteroatoms. The summed E-state index contributed by atoms with van der Waals surface area (Å²) in [7, 11) is 3.32. The van der Waals surface area contributed by atoms with Gasteiger partial charge in [0, 0.05) is 14.1 Å². The van der Waals surface area contributed by atoms with Crippen LogP contribution in [0.1, 0.15) is 13.8 Å². The molecule has 3 nitrogen and oxygen atoms in total. The minimum atomic E-state index is -0.405. The predicted molar refractivity (Wildman–Crippen MR) is 47.7 cm³/mol. The third-order valence-electron chi connectivity index (χ3n) is 1.79. The molecule has 0 radical (unpaired) electrons. The van der Waals surface area contributed by atoms with E-state index in [-0.39, 0.29) is 11.7 Å². The maximum atomic E-state index is 11.3. The molecule has 0 aliphatic carbocycles. The summed E-state index contributed by atoms with van der Waals surface area (Å²) in [6.07, 6.45) is 0. The summed E-state index contributed by atoms with van der Waals surface area (Å²) in [6.45, 7) is 6.67. The van der Waals surface area contributed by atoms with E-state index >= 15 is 0 Å². The van der Waals surface area contributed by atoms with Crippen LogP contribution in [0, 0.1) is 5.92 Å². The van der Waals surface area contributed by atoms with Crippen molar-refractivity contribution in [2.24, 2.45) is 5.92 Å². The predicted octanol–water partition coefficient (Wildman–Crippen LogP) is 0.856. The van der Waals surface area contributed by atoms with Crippen molar-refractivity contribution in [3.8, 4) is 0 Å². The molecule has 0 aromatic rings. The van der Waals surface area contributed by atoms with Gasteiger partial charge >= 0.3 is 0 Å². The highest BCUT2D eigenvalue weighted by atomic mass is 16.2. The summed E-state index contributed by atoms with van der Waals surface area (Å²) < 4.78 is 0. The second-order valence-corrected chi connectivity index (χ2v) is 3.04. The molecule has 0 N–H and O–H groups in total. The van der Waals surface area contributed by atoms with Gasteiger partial charge in [-0.3, -0.25) is 9.59 Å². The number of rotatable bonds is 3. The molecule has 68 valence electrons. The SMILES string of the molecule is C=C(C(C)=O)C(C)C(=O)N(C)C. The zero-order chi connectivity index (χ0) is 9.89. The maximum Gasteiger partial charge on any atom is 0.229 e. The highest BCUT2D eigenvalue weighted by molar-refractivity contribution is 5.99. The fourth-order valence-electron chi connectivity index (χ4n) is 0.841. The van der Waals surface area contributed by atoms with Crippen LogP contribution in [0.5, 0.6) is 0 Å². The third kappa shape index (κ3) is 2.49. The molecule has 0 saturated heterocycles. The fraction of sp³-hybridized carbons (Fsp3) is 0.556. The summed E-state index contributed by atoms with van der Waals surface area (Å²) >= 11 is 0. The Balaban J connectivity index is 4.40. The quantitative estimate of drug-likeness (QED) is 0.587. The van der Waals surface area contributed by atoms with Gasteiger partial charge < -0.3 is 4.90 Å². The molecule has 0 aromatic carbocycles. The van der Waals surface area contributed by atoms with Crippen molar-refractivity contribution < 1.29 is 9.59 Å². The molecule has 1 unspecified atom stereocenters. The van der Waals surface area contributed by atoms with Crippen molar-refractivity contribution in [3.05, 3.63) is 12.2 Å². The lowest BCUT2D eigenvalue weighted by atomic mass is 9.98. The molecule has 1 atom stereocenters. The Morgan fingerprint density at radius 3 is 2.00 bits per heavy atom. The normalized spacial score (nSPS) is 12.0. The molecule has 0 rings (SSSR count). The number of hydrogen-bond donors (Lipinski definition) is 0. The van der Waals surface area contributed by atoms with Gasteiger partial charge in [-0.05, 0) is 19.4 Å². The van der Waals surface area contributed by atoms with Crippen LogP contribution in [-0.2, 0) is 9.59 Å². The second kappa shape index (κ2) is 4.04. The van der Waals surface area contributed by atoms with E-state index in [4.69, 9.17) is 0 Å². The Bertz CT molecular complexity index is 219. The maximum absolute atomic E-state index is 11.3. The lowest BCUT2D eigenvalue weighted by molar-refractivity contribution is -0.132. The van der Waals surface area contributed by atoms with Crippen LogP contribution in [-0.4, -0.2) is 30.7 Å². The van der Waals surface area contributed by atoms with E-state index in [9.17, 15) is 9.59 Å². The smallest absolute Gasteiger partial charge is 0.229 e. The third-order valence-corrected chi connectivity index (χ3v) is 1.79. The molecule has 0 saturated carbocycles. The van der Waals surface area contributed by atoms with Crippen molar-refractivity contribution in [2.75, 3.05) is 14.1 Å². The molecule has 0 spiro atoms. The van der Waals surface area contributed by atoms with Crippen molar-refractivity contribution in [1.29, 1.82) is 0 Å². The van der Waals surface area contributed by atoms with E-state index in [1.165, 1.54) is 11.8 Å². The first-order valence-electron chi connectivity index (χ1n) is 3.78. The molecule has 1 amide bonds. The van der Waals surface area contributed by atoms with E-state index in [0.29, 0.717) is 5.57 Å².